The molecule has 0 radical (unpaired) electrons. The number of pyridine rings is 1. The van der Waals surface area contributed by atoms with Crippen molar-refractivity contribution < 1.29 is 4.79 Å². The molecule has 0 fully saturated rings. The lowest BCUT2D eigenvalue weighted by molar-refractivity contribution is 0.101. The second-order valence-electron chi connectivity index (χ2n) is 2.63. The van der Waals surface area contributed by atoms with E-state index in [2.05, 4.69) is 16.9 Å². The number of aromatic nitrogens is 1. The third kappa shape index (κ3) is 1.75. The summed E-state index contributed by atoms with van der Waals surface area (Å²) in [5.74, 6) is 0.705. The average Bonchev–Trinajstić information content (AvgIpc) is 2.16. The van der Waals surface area contributed by atoms with Gasteiger partial charge in [-0.25, -0.2) is 4.98 Å². The van der Waals surface area contributed by atoms with Gasteiger partial charge in [-0.1, -0.05) is 12.7 Å². The van der Waals surface area contributed by atoms with Gasteiger partial charge in [0, 0.05) is 24.4 Å². The van der Waals surface area contributed by atoms with E-state index in [4.69, 9.17) is 0 Å². The van der Waals surface area contributed by atoms with E-state index in [1.54, 1.807) is 25.4 Å². The number of hydrogen-bond donors (Lipinski definition) is 1. The first-order valence-corrected chi connectivity index (χ1v) is 4.00. The number of hydrogen-bond acceptors (Lipinski definition) is 3. The summed E-state index contributed by atoms with van der Waals surface area (Å²) in [4.78, 5) is 15.3. The van der Waals surface area contributed by atoms with Gasteiger partial charge in [0.05, 0.1) is 0 Å². The summed E-state index contributed by atoms with van der Waals surface area (Å²) in [7, 11) is 1.76. The fourth-order valence-electron chi connectivity index (χ4n) is 1.19. The molecule has 1 N–H and O–H groups in total. The first kappa shape index (κ1) is 9.45. The molecule has 0 aliphatic heterocycles. The van der Waals surface area contributed by atoms with Gasteiger partial charge in [0.1, 0.15) is 5.82 Å². The molecule has 3 nitrogen and oxygen atoms in total. The maximum absolute atomic E-state index is 11.2. The zero-order chi connectivity index (χ0) is 9.84. The highest BCUT2D eigenvalue weighted by atomic mass is 16.1. The molecule has 0 saturated carbocycles. The maximum atomic E-state index is 11.2. The number of rotatable bonds is 3. The van der Waals surface area contributed by atoms with Crippen molar-refractivity contribution in [2.24, 2.45) is 0 Å². The summed E-state index contributed by atoms with van der Waals surface area (Å²) in [6.07, 6.45) is 3.24. The Balaban J connectivity index is 3.35. The van der Waals surface area contributed by atoms with Gasteiger partial charge < -0.3 is 5.32 Å². The Labute approximate surface area is 77.5 Å². The first-order valence-electron chi connectivity index (χ1n) is 4.00. The number of carbonyl (C=O) groups excluding carboxylic acids is 1. The van der Waals surface area contributed by atoms with Crippen LogP contribution < -0.4 is 5.32 Å². The van der Waals surface area contributed by atoms with Crippen LogP contribution in [0.3, 0.4) is 0 Å². The predicted octanol–water partition coefficient (Wildman–Crippen LogP) is 1.97. The van der Waals surface area contributed by atoms with E-state index in [1.807, 2.05) is 0 Å². The molecule has 0 aliphatic carbocycles. The highest BCUT2D eigenvalue weighted by Crippen LogP contribution is 2.18. The third-order valence-electron chi connectivity index (χ3n) is 1.81. The predicted molar refractivity (Wildman–Crippen MR) is 53.9 cm³/mol. The van der Waals surface area contributed by atoms with Gasteiger partial charge in [-0.15, -0.1) is 0 Å². The molecule has 0 spiro atoms. The van der Waals surface area contributed by atoms with E-state index >= 15 is 0 Å². The fourth-order valence-corrected chi connectivity index (χ4v) is 1.19. The molecule has 68 valence electrons. The van der Waals surface area contributed by atoms with Crippen molar-refractivity contribution in [2.75, 3.05) is 12.4 Å². The van der Waals surface area contributed by atoms with E-state index in [9.17, 15) is 4.79 Å². The van der Waals surface area contributed by atoms with Crippen molar-refractivity contribution in [3.63, 3.8) is 0 Å². The van der Waals surface area contributed by atoms with Gasteiger partial charge in [0.25, 0.3) is 0 Å². The molecule has 0 aliphatic rings. The van der Waals surface area contributed by atoms with Crippen molar-refractivity contribution in [1.82, 2.24) is 4.98 Å². The van der Waals surface area contributed by atoms with E-state index in [1.165, 1.54) is 6.92 Å². The van der Waals surface area contributed by atoms with Crippen molar-refractivity contribution in [2.45, 2.75) is 6.92 Å². The minimum atomic E-state index is 0.0220. The van der Waals surface area contributed by atoms with E-state index in [-0.39, 0.29) is 5.78 Å². The lowest BCUT2D eigenvalue weighted by atomic mass is 10.1. The van der Waals surface area contributed by atoms with Crippen molar-refractivity contribution >= 4 is 17.7 Å². The summed E-state index contributed by atoms with van der Waals surface area (Å²) in [6.45, 7) is 5.18. The second-order valence-corrected chi connectivity index (χ2v) is 2.63. The summed E-state index contributed by atoms with van der Waals surface area (Å²) in [5.41, 5.74) is 1.41. The van der Waals surface area contributed by atoms with Gasteiger partial charge in [-0.05, 0) is 13.0 Å². The maximum Gasteiger partial charge on any atom is 0.160 e. The molecule has 1 heterocycles. The molecule has 0 unspecified atom stereocenters. The Morgan fingerprint density at radius 2 is 2.38 bits per heavy atom. The van der Waals surface area contributed by atoms with Crippen molar-refractivity contribution in [1.29, 1.82) is 0 Å². The summed E-state index contributed by atoms with van der Waals surface area (Å²) < 4.78 is 0. The van der Waals surface area contributed by atoms with Crippen LogP contribution in [0.15, 0.2) is 18.8 Å². The molecule has 13 heavy (non-hydrogen) atoms. The Morgan fingerprint density at radius 1 is 1.69 bits per heavy atom. The van der Waals surface area contributed by atoms with Gasteiger partial charge in [0.15, 0.2) is 5.78 Å². The Kier molecular flexibility index (Phi) is 2.80. The first-order chi connectivity index (χ1) is 6.20. The highest BCUT2D eigenvalue weighted by Gasteiger charge is 2.08. The molecular formula is C10H12N2O. The molecule has 1 aromatic heterocycles. The minimum absolute atomic E-state index is 0.0220. The molecular weight excluding hydrogens is 164 g/mol. The number of ketones is 1. The lowest BCUT2D eigenvalue weighted by Gasteiger charge is -2.07. The molecule has 0 atom stereocenters. The van der Waals surface area contributed by atoms with E-state index in [0.717, 1.165) is 5.56 Å². The normalized spacial score (nSPS) is 9.38. The number of carbonyl (C=O) groups is 1. The SMILES string of the molecule is C=Cc1c(C(C)=O)ccnc1NC. The number of nitrogens with zero attached hydrogens (tertiary/aromatic N) is 1. The van der Waals surface area contributed by atoms with E-state index in [0.29, 0.717) is 11.4 Å². The topological polar surface area (TPSA) is 42.0 Å². The van der Waals surface area contributed by atoms with Crippen molar-refractivity contribution in [3.05, 3.63) is 30.0 Å². The van der Waals surface area contributed by atoms with Gasteiger partial charge in [-0.3, -0.25) is 4.79 Å². The van der Waals surface area contributed by atoms with Crippen LogP contribution in [0.2, 0.25) is 0 Å². The zero-order valence-corrected chi connectivity index (χ0v) is 7.79. The smallest absolute Gasteiger partial charge is 0.160 e. The van der Waals surface area contributed by atoms with Crippen LogP contribution in [-0.4, -0.2) is 17.8 Å². The second kappa shape index (κ2) is 3.85. The van der Waals surface area contributed by atoms with Gasteiger partial charge >= 0.3 is 0 Å². The van der Waals surface area contributed by atoms with Crippen LogP contribution in [0.1, 0.15) is 22.8 Å². The quantitative estimate of drug-likeness (QED) is 0.716. The molecule has 3 heteroatoms. The van der Waals surface area contributed by atoms with Crippen molar-refractivity contribution in [3.8, 4) is 0 Å². The largest absolute Gasteiger partial charge is 0.373 e. The highest BCUT2D eigenvalue weighted by molar-refractivity contribution is 5.99. The molecule has 0 amide bonds. The lowest BCUT2D eigenvalue weighted by Crippen LogP contribution is -2.02. The average molecular weight is 176 g/mol. The number of Topliss-reactive ketones (excluding diaryl/α,β-unsaturated/α-hetero) is 1. The van der Waals surface area contributed by atoms with Crippen LogP contribution in [-0.2, 0) is 0 Å². The third-order valence-corrected chi connectivity index (χ3v) is 1.81. The van der Waals surface area contributed by atoms with Crippen LogP contribution >= 0.6 is 0 Å². The number of nitrogens with one attached hydrogen (secondary N) is 1. The Bertz CT molecular complexity index is 345. The number of anilines is 1. The zero-order valence-electron chi connectivity index (χ0n) is 7.79. The summed E-state index contributed by atoms with van der Waals surface area (Å²) in [6, 6.07) is 1.69. The molecule has 0 saturated heterocycles. The molecule has 0 bridgehead atoms. The Morgan fingerprint density at radius 3 is 2.85 bits per heavy atom. The van der Waals surface area contributed by atoms with Crippen LogP contribution in [0.25, 0.3) is 6.08 Å². The minimum Gasteiger partial charge on any atom is -0.373 e. The summed E-state index contributed by atoms with van der Waals surface area (Å²) >= 11 is 0. The molecule has 0 aromatic carbocycles. The van der Waals surface area contributed by atoms with Crippen LogP contribution in [0, 0.1) is 0 Å². The summed E-state index contributed by atoms with van der Waals surface area (Å²) in [5, 5.41) is 2.91. The fraction of sp³-hybridized carbons (Fsp3) is 0.200. The van der Waals surface area contributed by atoms with Gasteiger partial charge in [0.2, 0.25) is 0 Å². The monoisotopic (exact) mass is 176 g/mol. The Hall–Kier alpha value is -1.64. The van der Waals surface area contributed by atoms with Gasteiger partial charge in [-0.2, -0.15) is 0 Å². The molecule has 1 rings (SSSR count). The van der Waals surface area contributed by atoms with Crippen LogP contribution in [0.5, 0.6) is 0 Å². The van der Waals surface area contributed by atoms with Crippen LogP contribution in [0.4, 0.5) is 5.82 Å². The standard InChI is InChI=1S/C10H12N2O/c1-4-8-9(7(2)13)5-6-12-10(8)11-3/h4-6H,1H2,2-3H3,(H,11,12). The molecule has 1 aromatic rings. The van der Waals surface area contributed by atoms with E-state index < -0.39 is 0 Å².